The Kier molecular flexibility index (Phi) is 11.8. The maximum absolute atomic E-state index is 15.1. The Labute approximate surface area is 372 Å². The van der Waals surface area contributed by atoms with Crippen LogP contribution < -0.4 is 37.7 Å². The molecule has 0 bridgehead atoms. The number of anilines is 4. The number of benzene rings is 3. The molecule has 1 atom stereocenters. The number of pyridine rings is 1. The molecular weight excluding hydrogens is 902 g/mol. The molecule has 4 fully saturated rings. The minimum Gasteiger partial charge on any atom is -0.385 e. The third-order valence-corrected chi connectivity index (χ3v) is 14.0. The van der Waals surface area contributed by atoms with E-state index in [0.717, 1.165) is 76.2 Å². The van der Waals surface area contributed by atoms with Gasteiger partial charge in [0.25, 0.3) is 11.1 Å². The van der Waals surface area contributed by atoms with Gasteiger partial charge in [-0.05, 0) is 153 Å². The molecule has 0 spiro atoms. The number of hydrogen-bond acceptors (Lipinski definition) is 9. The molecule has 1 aliphatic carbocycles. The Morgan fingerprint density at radius 2 is 1.53 bits per heavy atom. The topological polar surface area (TPSA) is 143 Å². The monoisotopic (exact) mass is 954 g/mol. The van der Waals surface area contributed by atoms with Gasteiger partial charge >= 0.3 is 5.69 Å². The van der Waals surface area contributed by atoms with Crippen molar-refractivity contribution < 1.29 is 14.0 Å². The number of likely N-dealkylation sites (tertiary alicyclic amines) is 1. The molecule has 13 nitrogen and oxygen atoms in total. The number of carbonyl (C=O) groups excluding carboxylic acids is 2. The van der Waals surface area contributed by atoms with Crippen LogP contribution in [0.1, 0.15) is 74.5 Å². The van der Waals surface area contributed by atoms with Gasteiger partial charge in [0.15, 0.2) is 0 Å². The number of aryl methyl sites for hydroxylation is 1. The number of carbonyl (C=O) groups is 2. The van der Waals surface area contributed by atoms with Crippen LogP contribution in [-0.2, 0) is 16.6 Å². The summed E-state index contributed by atoms with van der Waals surface area (Å²) < 4.78 is 20.0. The van der Waals surface area contributed by atoms with E-state index in [2.05, 4.69) is 37.9 Å². The second-order valence-corrected chi connectivity index (χ2v) is 18.8. The summed E-state index contributed by atoms with van der Waals surface area (Å²) in [5.41, 5.74) is 2.70. The molecule has 3 aliphatic heterocycles. The molecule has 4 aliphatic rings. The van der Waals surface area contributed by atoms with Crippen LogP contribution in [0.4, 0.5) is 27.3 Å². The number of imide groups is 1. The third kappa shape index (κ3) is 8.44. The normalized spacial score (nSPS) is 19.2. The number of nitrogens with zero attached hydrogens (tertiary/aromatic N) is 5. The zero-order chi connectivity index (χ0) is 43.2. The lowest BCUT2D eigenvalue weighted by Crippen LogP contribution is -2.42. The van der Waals surface area contributed by atoms with Gasteiger partial charge < -0.3 is 20.4 Å². The highest BCUT2D eigenvalue weighted by Gasteiger charge is 2.33. The van der Waals surface area contributed by atoms with E-state index in [1.165, 1.54) is 25.5 Å². The Balaban J connectivity index is 0.843. The van der Waals surface area contributed by atoms with Crippen molar-refractivity contribution >= 4 is 68.2 Å². The predicted octanol–water partition coefficient (Wildman–Crippen LogP) is 6.54. The van der Waals surface area contributed by atoms with Crippen molar-refractivity contribution in [2.24, 2.45) is 18.9 Å². The molecule has 324 valence electrons. The van der Waals surface area contributed by atoms with Crippen molar-refractivity contribution in [3.05, 3.63) is 118 Å². The van der Waals surface area contributed by atoms with Crippen LogP contribution in [0.5, 0.6) is 0 Å². The van der Waals surface area contributed by atoms with E-state index in [1.54, 1.807) is 26.1 Å². The summed E-state index contributed by atoms with van der Waals surface area (Å²) in [6.45, 7) is 7.63. The van der Waals surface area contributed by atoms with Crippen LogP contribution in [0, 0.1) is 28.1 Å². The Bertz CT molecular complexity index is 2730. The molecule has 2 amide bonds. The molecule has 15 heteroatoms. The number of nitrogens with one attached hydrogen (secondary N) is 3. The van der Waals surface area contributed by atoms with Crippen LogP contribution >= 0.6 is 22.6 Å². The van der Waals surface area contributed by atoms with Crippen molar-refractivity contribution in [2.75, 3.05) is 54.8 Å². The molecular formula is C47H52FIN8O5. The minimum absolute atomic E-state index is 0.118. The zero-order valence-electron chi connectivity index (χ0n) is 35.1. The first-order valence-electron chi connectivity index (χ1n) is 21.8. The van der Waals surface area contributed by atoms with Gasteiger partial charge in [0.2, 0.25) is 11.8 Å². The summed E-state index contributed by atoms with van der Waals surface area (Å²) in [5, 5.41) is 9.28. The van der Waals surface area contributed by atoms with Gasteiger partial charge in [0, 0.05) is 66.2 Å². The maximum atomic E-state index is 15.1. The number of amides is 2. The predicted molar refractivity (Wildman–Crippen MR) is 249 cm³/mol. The maximum Gasteiger partial charge on any atom is 0.336 e. The third-order valence-electron chi connectivity index (χ3n) is 13.4. The average molecular weight is 955 g/mol. The quantitative estimate of drug-likeness (QED) is 0.0995. The Hall–Kier alpha value is -5.29. The summed E-state index contributed by atoms with van der Waals surface area (Å²) in [4.78, 5) is 71.3. The first-order chi connectivity index (χ1) is 29.9. The van der Waals surface area contributed by atoms with E-state index in [1.807, 2.05) is 59.0 Å². The Morgan fingerprint density at radius 3 is 2.23 bits per heavy atom. The summed E-state index contributed by atoms with van der Waals surface area (Å²) in [7, 11) is 1.55. The highest BCUT2D eigenvalue weighted by molar-refractivity contribution is 14.1. The largest absolute Gasteiger partial charge is 0.385 e. The summed E-state index contributed by atoms with van der Waals surface area (Å²) in [5.74, 6) is 0.0929. The Morgan fingerprint density at radius 1 is 0.806 bits per heavy atom. The fraction of sp³-hybridized carbons (Fsp3) is 0.426. The van der Waals surface area contributed by atoms with E-state index in [4.69, 9.17) is 0 Å². The van der Waals surface area contributed by atoms with Crippen LogP contribution in [0.15, 0.2) is 81.1 Å². The summed E-state index contributed by atoms with van der Waals surface area (Å²) >= 11 is 2.03. The molecule has 3 aromatic carbocycles. The number of fused-ring (bicyclic) bond motifs is 1. The van der Waals surface area contributed by atoms with Crippen molar-refractivity contribution in [3.8, 4) is 5.69 Å². The van der Waals surface area contributed by atoms with E-state index in [0.29, 0.717) is 46.8 Å². The van der Waals surface area contributed by atoms with E-state index in [9.17, 15) is 24.0 Å². The molecule has 9 rings (SSSR count). The van der Waals surface area contributed by atoms with Crippen LogP contribution in [0.2, 0.25) is 0 Å². The summed E-state index contributed by atoms with van der Waals surface area (Å²) in [6.07, 6.45) is 6.79. The van der Waals surface area contributed by atoms with E-state index < -0.39 is 22.6 Å². The number of aromatic nitrogens is 3. The molecule has 5 heterocycles. The number of halogens is 2. The smallest absolute Gasteiger partial charge is 0.336 e. The number of piperidine rings is 3. The van der Waals surface area contributed by atoms with Gasteiger partial charge in [-0.25, -0.2) is 9.18 Å². The van der Waals surface area contributed by atoms with Crippen molar-refractivity contribution in [2.45, 2.75) is 70.3 Å². The van der Waals surface area contributed by atoms with Gasteiger partial charge in [-0.2, -0.15) is 0 Å². The van der Waals surface area contributed by atoms with Crippen LogP contribution in [0.25, 0.3) is 16.6 Å². The molecule has 1 unspecified atom stereocenters. The SMILES string of the molecule is Cc1c(=O)n(C)c(Nc2ccc(I)cc2F)c2c(=O)n(C3CC3)c(=O)n(-c3cccc(NCC4CCN(CC5CCN(c6ccc(C7CCC(=O)NC7=O)cc6)CC5)CC4)c3)c12. The van der Waals surface area contributed by atoms with Crippen molar-refractivity contribution in [3.63, 3.8) is 0 Å². The fourth-order valence-corrected chi connectivity index (χ4v) is 10.1. The molecule has 1 saturated carbocycles. The van der Waals surface area contributed by atoms with E-state index >= 15 is 4.39 Å². The first kappa shape index (κ1) is 42.0. The molecule has 62 heavy (non-hydrogen) atoms. The molecule has 3 N–H and O–H groups in total. The van der Waals surface area contributed by atoms with Crippen molar-refractivity contribution in [1.82, 2.24) is 23.9 Å². The standard InChI is InChI=1S/C47H52FIN8O5/c1-28-42-41(43(53(2)45(28)60)51-39-14-8-32(49)24-38(39)48)46(61)57(35-11-12-35)47(62)56(42)36-5-3-4-33(25-36)50-26-29-16-20-54(21-17-29)27-30-18-22-55(23-19-30)34-9-6-31(7-10-34)37-13-15-40(58)52-44(37)59/h3-10,14,24-25,29-30,35,37,50-51H,11-13,15-23,26-27H2,1-2H3,(H,52,58,59). The highest BCUT2D eigenvalue weighted by Crippen LogP contribution is 2.35. The van der Waals surface area contributed by atoms with Gasteiger partial charge in [0.05, 0.1) is 22.8 Å². The second-order valence-electron chi connectivity index (χ2n) is 17.5. The highest BCUT2D eigenvalue weighted by atomic mass is 127. The lowest BCUT2D eigenvalue weighted by atomic mass is 9.90. The van der Waals surface area contributed by atoms with Gasteiger partial charge in [-0.15, -0.1) is 0 Å². The second kappa shape index (κ2) is 17.5. The number of rotatable bonds is 11. The van der Waals surface area contributed by atoms with Gasteiger partial charge in [-0.1, -0.05) is 18.2 Å². The fourth-order valence-electron chi connectivity index (χ4n) is 9.63. The summed E-state index contributed by atoms with van der Waals surface area (Å²) in [6, 6.07) is 20.3. The van der Waals surface area contributed by atoms with Gasteiger partial charge in [0.1, 0.15) is 17.0 Å². The number of hydrogen-bond donors (Lipinski definition) is 3. The average Bonchev–Trinajstić information content (AvgIpc) is 4.11. The lowest BCUT2D eigenvalue weighted by Gasteiger charge is -2.38. The first-order valence-corrected chi connectivity index (χ1v) is 22.9. The minimum atomic E-state index is -0.523. The molecule has 5 aromatic rings. The van der Waals surface area contributed by atoms with E-state index in [-0.39, 0.29) is 51.7 Å². The van der Waals surface area contributed by atoms with Crippen molar-refractivity contribution in [1.29, 1.82) is 0 Å². The molecule has 0 radical (unpaired) electrons. The molecule has 2 aromatic heterocycles. The van der Waals surface area contributed by atoms with Crippen LogP contribution in [0.3, 0.4) is 0 Å². The molecule has 3 saturated heterocycles. The van der Waals surface area contributed by atoms with Gasteiger partial charge in [-0.3, -0.25) is 38.2 Å². The van der Waals surface area contributed by atoms with Crippen LogP contribution in [-0.4, -0.2) is 69.7 Å². The lowest BCUT2D eigenvalue weighted by molar-refractivity contribution is -0.134. The zero-order valence-corrected chi connectivity index (χ0v) is 37.3.